The third-order valence-corrected chi connectivity index (χ3v) is 8.19. The number of aliphatic hydroxyl groups is 1. The van der Waals surface area contributed by atoms with Crippen LogP contribution in [-0.4, -0.2) is 59.8 Å². The Kier molecular flexibility index (Phi) is 6.42. The molecule has 6 rings (SSSR count). The number of nitrogens with two attached hydrogens (primary N) is 1. The highest BCUT2D eigenvalue weighted by Gasteiger charge is 2.42. The number of halogens is 3. The van der Waals surface area contributed by atoms with Crippen LogP contribution in [0, 0.1) is 11.2 Å². The van der Waals surface area contributed by atoms with E-state index in [1.54, 1.807) is 25.1 Å². The summed E-state index contributed by atoms with van der Waals surface area (Å²) in [4.78, 5) is 21.9. The predicted molar refractivity (Wildman–Crippen MR) is 146 cm³/mol. The van der Waals surface area contributed by atoms with E-state index in [0.717, 1.165) is 0 Å². The number of nitrogens with zero attached hydrogens (tertiary/aromatic N) is 3. The smallest absolute Gasteiger partial charge is 0.387 e. The summed E-state index contributed by atoms with van der Waals surface area (Å²) in [6.07, 6.45) is 1.81. The predicted octanol–water partition coefficient (Wildman–Crippen LogP) is 3.11. The van der Waals surface area contributed by atoms with Gasteiger partial charge in [-0.2, -0.15) is 8.78 Å². The number of pyridine rings is 1. The zero-order chi connectivity index (χ0) is 29.3. The average Bonchev–Trinajstić information content (AvgIpc) is 3.40. The number of rotatable bonds is 7. The van der Waals surface area contributed by atoms with Crippen molar-refractivity contribution in [3.05, 3.63) is 77.1 Å². The highest BCUT2D eigenvalue weighted by Crippen LogP contribution is 2.47. The minimum absolute atomic E-state index is 0.0475. The lowest BCUT2D eigenvalue weighted by Gasteiger charge is -2.40. The van der Waals surface area contributed by atoms with E-state index in [0.29, 0.717) is 40.0 Å². The minimum atomic E-state index is -3.06. The van der Waals surface area contributed by atoms with E-state index in [1.165, 1.54) is 24.4 Å². The maximum absolute atomic E-state index is 15.2. The summed E-state index contributed by atoms with van der Waals surface area (Å²) in [6.45, 7) is -1.61. The number of hydrogen-bond donors (Lipinski definition) is 3. The molecule has 0 aliphatic carbocycles. The van der Waals surface area contributed by atoms with E-state index < -0.39 is 35.3 Å². The lowest BCUT2D eigenvalue weighted by Crippen LogP contribution is -2.53. The molecule has 2 aromatic heterocycles. The van der Waals surface area contributed by atoms with E-state index in [9.17, 15) is 18.7 Å². The Morgan fingerprint density at radius 3 is 2.71 bits per heavy atom. The van der Waals surface area contributed by atoms with E-state index in [4.69, 9.17) is 31.1 Å². The molecule has 41 heavy (non-hydrogen) atoms. The summed E-state index contributed by atoms with van der Waals surface area (Å²) in [6, 6.07) is 10.2. The van der Waals surface area contributed by atoms with Crippen molar-refractivity contribution in [1.82, 2.24) is 19.9 Å². The van der Waals surface area contributed by atoms with Crippen molar-refractivity contribution in [1.29, 1.82) is 0 Å². The number of carbonyl (C=O) groups excluding carboxylic acids is 1. The molecule has 3 atom stereocenters. The molecule has 13 heteroatoms. The highest BCUT2D eigenvalue weighted by molar-refractivity contribution is 6.39. The first-order valence-electron chi connectivity index (χ1n) is 13.0. The molecule has 0 saturated heterocycles. The third-order valence-electron chi connectivity index (χ3n) is 8.19. The van der Waals surface area contributed by atoms with Crippen LogP contribution in [0.3, 0.4) is 0 Å². The SMILES string of the molecule is [B]C([B])(O)C(C)(CN)Cc1ncc(-c2ccc3nc4n(c3c2)[C@H]2C[C@H]4NC(=O)c3cccc(OC(F)F)c32)cc1F. The number of hydrogen-bond acceptors (Lipinski definition) is 6. The summed E-state index contributed by atoms with van der Waals surface area (Å²) in [7, 11) is 11.3. The van der Waals surface area contributed by atoms with Crippen LogP contribution in [0.5, 0.6) is 5.75 Å². The third kappa shape index (κ3) is 4.47. The Morgan fingerprint density at radius 2 is 2.02 bits per heavy atom. The number of fused-ring (bicyclic) bond motifs is 9. The molecule has 206 valence electrons. The van der Waals surface area contributed by atoms with Gasteiger partial charge >= 0.3 is 6.61 Å². The second-order valence-electron chi connectivity index (χ2n) is 10.8. The number of ether oxygens (including phenoxy) is 1. The molecule has 8 nitrogen and oxygen atoms in total. The van der Waals surface area contributed by atoms with E-state index in [2.05, 4.69) is 10.3 Å². The van der Waals surface area contributed by atoms with Gasteiger partial charge < -0.3 is 25.5 Å². The number of alkyl halides is 2. The Labute approximate surface area is 235 Å². The molecule has 2 aromatic carbocycles. The number of imidazole rings is 1. The molecule has 4 N–H and O–H groups in total. The van der Waals surface area contributed by atoms with Crippen molar-refractivity contribution in [3.8, 4) is 16.9 Å². The fourth-order valence-electron chi connectivity index (χ4n) is 5.69. The van der Waals surface area contributed by atoms with Crippen molar-refractivity contribution < 1.29 is 27.8 Å². The molecule has 2 aliphatic rings. The first kappa shape index (κ1) is 27.3. The fraction of sp³-hybridized carbons (Fsp3) is 0.321. The van der Waals surface area contributed by atoms with Gasteiger partial charge in [-0.1, -0.05) is 19.1 Å². The van der Waals surface area contributed by atoms with E-state index in [1.807, 2.05) is 10.6 Å². The molecule has 0 saturated carbocycles. The van der Waals surface area contributed by atoms with Gasteiger partial charge in [0.15, 0.2) is 0 Å². The quantitative estimate of drug-likeness (QED) is 0.301. The van der Waals surface area contributed by atoms with Crippen LogP contribution >= 0.6 is 0 Å². The van der Waals surface area contributed by atoms with Crippen molar-refractivity contribution in [2.75, 3.05) is 6.54 Å². The van der Waals surface area contributed by atoms with E-state index in [-0.39, 0.29) is 35.9 Å². The van der Waals surface area contributed by atoms with Gasteiger partial charge in [0.1, 0.15) is 17.4 Å². The highest BCUT2D eigenvalue weighted by atomic mass is 19.3. The van der Waals surface area contributed by atoms with Crippen LogP contribution in [0.15, 0.2) is 48.7 Å². The molecular formula is C28H24B2F3N5O3. The number of carbonyl (C=O) groups is 1. The summed E-state index contributed by atoms with van der Waals surface area (Å²) < 4.78 is 48.5. The summed E-state index contributed by atoms with van der Waals surface area (Å²) >= 11 is 0. The Hall–Kier alpha value is -3.83. The van der Waals surface area contributed by atoms with Crippen molar-refractivity contribution in [2.45, 2.75) is 43.9 Å². The van der Waals surface area contributed by atoms with Gasteiger partial charge in [-0.05, 0) is 59.7 Å². The maximum Gasteiger partial charge on any atom is 0.387 e. The minimum Gasteiger partial charge on any atom is -0.434 e. The molecule has 1 amide bonds. The van der Waals surface area contributed by atoms with Crippen LogP contribution < -0.4 is 15.8 Å². The second kappa shape index (κ2) is 9.63. The Morgan fingerprint density at radius 1 is 1.24 bits per heavy atom. The Balaban J connectivity index is 1.42. The number of aromatic nitrogens is 3. The molecule has 4 radical (unpaired) electrons. The van der Waals surface area contributed by atoms with Gasteiger partial charge in [0.2, 0.25) is 0 Å². The number of amides is 1. The van der Waals surface area contributed by atoms with Crippen LogP contribution in [0.4, 0.5) is 13.2 Å². The molecule has 4 aromatic rings. The van der Waals surface area contributed by atoms with Gasteiger partial charge in [0, 0.05) is 29.3 Å². The molecule has 1 unspecified atom stereocenters. The van der Waals surface area contributed by atoms with Crippen molar-refractivity contribution in [2.24, 2.45) is 11.1 Å². The zero-order valence-corrected chi connectivity index (χ0v) is 21.9. The molecular weight excluding hydrogens is 533 g/mol. The summed E-state index contributed by atoms with van der Waals surface area (Å²) in [5, 5.41) is 11.0. The normalized spacial score (nSPS) is 19.4. The molecule has 2 aliphatic heterocycles. The monoisotopic (exact) mass is 557 g/mol. The second-order valence-corrected chi connectivity index (χ2v) is 10.8. The van der Waals surface area contributed by atoms with Crippen molar-refractivity contribution >= 4 is 32.6 Å². The first-order chi connectivity index (χ1) is 19.4. The van der Waals surface area contributed by atoms with E-state index >= 15 is 4.39 Å². The average molecular weight is 557 g/mol. The van der Waals surface area contributed by atoms with Crippen LogP contribution in [0.25, 0.3) is 22.2 Å². The van der Waals surface area contributed by atoms with Crippen LogP contribution in [0.2, 0.25) is 0 Å². The summed E-state index contributed by atoms with van der Waals surface area (Å²) in [5.74, 6) is -0.494. The fourth-order valence-corrected chi connectivity index (χ4v) is 5.69. The van der Waals surface area contributed by atoms with Crippen LogP contribution in [0.1, 0.15) is 52.9 Å². The van der Waals surface area contributed by atoms with Gasteiger partial charge in [0.25, 0.3) is 5.91 Å². The number of nitrogens with one attached hydrogen (secondary N) is 1. The van der Waals surface area contributed by atoms with Gasteiger partial charge in [-0.15, -0.1) is 0 Å². The van der Waals surface area contributed by atoms with Gasteiger partial charge in [-0.3, -0.25) is 9.78 Å². The molecule has 0 fully saturated rings. The van der Waals surface area contributed by atoms with Gasteiger partial charge in [0.05, 0.1) is 44.5 Å². The Bertz CT molecular complexity index is 1690. The number of benzene rings is 2. The zero-order valence-electron chi connectivity index (χ0n) is 21.9. The van der Waals surface area contributed by atoms with Crippen LogP contribution in [-0.2, 0) is 6.42 Å². The topological polar surface area (TPSA) is 115 Å². The molecule has 0 spiro atoms. The lowest BCUT2D eigenvalue weighted by molar-refractivity contribution is -0.0507. The van der Waals surface area contributed by atoms with Gasteiger partial charge in [-0.25, -0.2) is 9.37 Å². The lowest BCUT2D eigenvalue weighted by atomic mass is 9.50. The molecule has 2 bridgehead atoms. The summed E-state index contributed by atoms with van der Waals surface area (Å²) in [5.41, 5.74) is 7.61. The largest absolute Gasteiger partial charge is 0.434 e. The van der Waals surface area contributed by atoms with Crippen molar-refractivity contribution in [3.63, 3.8) is 0 Å². The first-order valence-corrected chi connectivity index (χ1v) is 13.0. The molecule has 4 heterocycles. The standard InChI is InChI=1S/C28H24B2F3N5O3/c1-27(12-34,28(29,30)40)10-19-16(31)7-14(11-35-19)13-5-6-17-20(8-13)38-21-9-18(24(38)36-17)37-25(39)15-3-2-4-22(23(15)21)41-26(32)33/h2-8,11,18,21,26,40H,9-10,12,34H2,1H3,(H,37,39)/t18-,21+,27?/m1/s1. The maximum atomic E-state index is 15.2.